The number of aliphatic hydroxyl groups is 2. The first-order valence-corrected chi connectivity index (χ1v) is 10.4. The Morgan fingerprint density at radius 3 is 1.63 bits per heavy atom. The molecule has 0 saturated heterocycles. The molecule has 0 aliphatic heterocycles. The van der Waals surface area contributed by atoms with Crippen LogP contribution in [-0.4, -0.2) is 36.1 Å². The monoisotopic (exact) mass is 380 g/mol. The molecule has 0 atom stereocenters. The third-order valence-electron chi connectivity index (χ3n) is 3.92. The SMILES string of the molecule is CCCCC/C=C\C/C=C\C/C=C\C/C=C\CCCCOOC(CO)CO. The van der Waals surface area contributed by atoms with E-state index >= 15 is 0 Å². The Balaban J connectivity index is 3.39. The van der Waals surface area contributed by atoms with E-state index in [1.54, 1.807) is 0 Å². The lowest BCUT2D eigenvalue weighted by molar-refractivity contribution is -0.333. The summed E-state index contributed by atoms with van der Waals surface area (Å²) in [5.74, 6) is 0. The van der Waals surface area contributed by atoms with Gasteiger partial charge in [-0.1, -0.05) is 68.4 Å². The van der Waals surface area contributed by atoms with Gasteiger partial charge in [-0.3, -0.25) is 0 Å². The Morgan fingerprint density at radius 1 is 0.667 bits per heavy atom. The molecule has 2 N–H and O–H groups in total. The van der Waals surface area contributed by atoms with E-state index in [2.05, 4.69) is 55.5 Å². The Kier molecular flexibility index (Phi) is 21.8. The predicted molar refractivity (Wildman–Crippen MR) is 113 cm³/mol. The average molecular weight is 381 g/mol. The van der Waals surface area contributed by atoms with E-state index in [-0.39, 0.29) is 13.2 Å². The highest BCUT2D eigenvalue weighted by molar-refractivity contribution is 4.99. The van der Waals surface area contributed by atoms with E-state index < -0.39 is 6.10 Å². The van der Waals surface area contributed by atoms with Gasteiger partial charge >= 0.3 is 0 Å². The minimum Gasteiger partial charge on any atom is -0.393 e. The maximum absolute atomic E-state index is 8.80. The van der Waals surface area contributed by atoms with Crippen LogP contribution in [0.3, 0.4) is 0 Å². The van der Waals surface area contributed by atoms with Crippen molar-refractivity contribution in [2.45, 2.75) is 77.2 Å². The summed E-state index contributed by atoms with van der Waals surface area (Å²) in [6.07, 6.45) is 28.2. The fourth-order valence-electron chi connectivity index (χ4n) is 2.25. The number of hydrogen-bond donors (Lipinski definition) is 2. The molecule has 27 heavy (non-hydrogen) atoms. The molecule has 0 spiro atoms. The second-order valence-corrected chi connectivity index (χ2v) is 6.49. The maximum Gasteiger partial charge on any atom is 0.139 e. The van der Waals surface area contributed by atoms with Crippen LogP contribution in [0.4, 0.5) is 0 Å². The molecule has 0 aliphatic rings. The third-order valence-corrected chi connectivity index (χ3v) is 3.92. The Morgan fingerprint density at radius 2 is 1.15 bits per heavy atom. The molecule has 0 aromatic heterocycles. The van der Waals surface area contributed by atoms with Crippen molar-refractivity contribution in [2.75, 3.05) is 19.8 Å². The van der Waals surface area contributed by atoms with Crippen LogP contribution in [0.25, 0.3) is 0 Å². The fourth-order valence-corrected chi connectivity index (χ4v) is 2.25. The number of hydrogen-bond acceptors (Lipinski definition) is 4. The van der Waals surface area contributed by atoms with Gasteiger partial charge in [0.1, 0.15) is 6.10 Å². The second-order valence-electron chi connectivity index (χ2n) is 6.49. The number of allylic oxidation sites excluding steroid dienone is 8. The van der Waals surface area contributed by atoms with Gasteiger partial charge in [0.2, 0.25) is 0 Å². The molecule has 0 radical (unpaired) electrons. The predicted octanol–water partition coefficient (Wildman–Crippen LogP) is 5.43. The molecule has 0 heterocycles. The Bertz CT molecular complexity index is 395. The lowest BCUT2D eigenvalue weighted by Crippen LogP contribution is -2.22. The van der Waals surface area contributed by atoms with E-state index in [0.717, 1.165) is 38.5 Å². The first-order chi connectivity index (χ1) is 13.3. The lowest BCUT2D eigenvalue weighted by atomic mass is 10.2. The van der Waals surface area contributed by atoms with Gasteiger partial charge in [-0.05, 0) is 51.4 Å². The molecule has 0 rings (SSSR count). The van der Waals surface area contributed by atoms with Gasteiger partial charge in [0.05, 0.1) is 19.8 Å². The van der Waals surface area contributed by atoms with Crippen LogP contribution in [0, 0.1) is 0 Å². The van der Waals surface area contributed by atoms with Gasteiger partial charge in [-0.15, -0.1) is 0 Å². The molecule has 0 fully saturated rings. The summed E-state index contributed by atoms with van der Waals surface area (Å²) in [6.45, 7) is 2.24. The summed E-state index contributed by atoms with van der Waals surface area (Å²) in [7, 11) is 0. The highest BCUT2D eigenvalue weighted by Crippen LogP contribution is 2.02. The van der Waals surface area contributed by atoms with E-state index in [4.69, 9.17) is 20.0 Å². The minimum atomic E-state index is -0.640. The second kappa shape index (κ2) is 22.8. The highest BCUT2D eigenvalue weighted by atomic mass is 17.2. The highest BCUT2D eigenvalue weighted by Gasteiger charge is 2.05. The molecule has 0 aromatic rings. The van der Waals surface area contributed by atoms with Gasteiger partial charge in [0, 0.05) is 0 Å². The van der Waals surface area contributed by atoms with Crippen molar-refractivity contribution in [1.82, 2.24) is 0 Å². The van der Waals surface area contributed by atoms with Gasteiger partial charge in [0.15, 0.2) is 0 Å². The molecule has 4 nitrogen and oxygen atoms in total. The lowest BCUT2D eigenvalue weighted by Gasteiger charge is -2.10. The Labute approximate surface area is 166 Å². The number of rotatable bonds is 19. The molecular formula is C23H40O4. The number of aliphatic hydroxyl groups excluding tert-OH is 2. The topological polar surface area (TPSA) is 58.9 Å². The summed E-state index contributed by atoms with van der Waals surface area (Å²) in [6, 6.07) is 0. The van der Waals surface area contributed by atoms with Gasteiger partial charge < -0.3 is 10.2 Å². The van der Waals surface area contributed by atoms with E-state index in [1.165, 1.54) is 25.7 Å². The molecule has 0 amide bonds. The summed E-state index contributed by atoms with van der Waals surface area (Å²) < 4.78 is 0. The van der Waals surface area contributed by atoms with Crippen LogP contribution in [0.15, 0.2) is 48.6 Å². The minimum absolute atomic E-state index is 0.237. The van der Waals surface area contributed by atoms with Gasteiger partial charge in [-0.25, -0.2) is 9.78 Å². The summed E-state index contributed by atoms with van der Waals surface area (Å²) in [4.78, 5) is 9.78. The van der Waals surface area contributed by atoms with Crippen LogP contribution in [0.2, 0.25) is 0 Å². The zero-order valence-electron chi connectivity index (χ0n) is 17.1. The van der Waals surface area contributed by atoms with Crippen LogP contribution in [0.5, 0.6) is 0 Å². The molecule has 0 aromatic carbocycles. The Hall–Kier alpha value is -1.20. The molecular weight excluding hydrogens is 340 g/mol. The van der Waals surface area contributed by atoms with Crippen LogP contribution < -0.4 is 0 Å². The molecule has 0 aliphatic carbocycles. The van der Waals surface area contributed by atoms with E-state index in [0.29, 0.717) is 6.61 Å². The normalized spacial score (nSPS) is 12.7. The molecule has 156 valence electrons. The smallest absolute Gasteiger partial charge is 0.139 e. The number of unbranched alkanes of at least 4 members (excludes halogenated alkanes) is 5. The van der Waals surface area contributed by atoms with Crippen molar-refractivity contribution in [3.63, 3.8) is 0 Å². The van der Waals surface area contributed by atoms with Crippen molar-refractivity contribution < 1.29 is 20.0 Å². The van der Waals surface area contributed by atoms with E-state index in [1.807, 2.05) is 0 Å². The van der Waals surface area contributed by atoms with E-state index in [9.17, 15) is 0 Å². The largest absolute Gasteiger partial charge is 0.393 e. The quantitative estimate of drug-likeness (QED) is 0.136. The van der Waals surface area contributed by atoms with Crippen LogP contribution >= 0.6 is 0 Å². The first kappa shape index (κ1) is 25.8. The van der Waals surface area contributed by atoms with Crippen molar-refractivity contribution in [1.29, 1.82) is 0 Å². The van der Waals surface area contributed by atoms with Crippen molar-refractivity contribution in [2.24, 2.45) is 0 Å². The van der Waals surface area contributed by atoms with Crippen molar-refractivity contribution in [3.05, 3.63) is 48.6 Å². The maximum atomic E-state index is 8.80. The molecule has 0 bridgehead atoms. The first-order valence-electron chi connectivity index (χ1n) is 10.4. The zero-order chi connectivity index (χ0) is 19.8. The van der Waals surface area contributed by atoms with Crippen LogP contribution in [-0.2, 0) is 9.78 Å². The van der Waals surface area contributed by atoms with Gasteiger partial charge in [-0.2, -0.15) is 0 Å². The third kappa shape index (κ3) is 21.0. The van der Waals surface area contributed by atoms with Crippen molar-refractivity contribution in [3.8, 4) is 0 Å². The fraction of sp³-hybridized carbons (Fsp3) is 0.652. The summed E-state index contributed by atoms with van der Waals surface area (Å²) in [5, 5.41) is 17.6. The molecule has 0 saturated carbocycles. The summed E-state index contributed by atoms with van der Waals surface area (Å²) >= 11 is 0. The molecule has 0 unspecified atom stereocenters. The summed E-state index contributed by atoms with van der Waals surface area (Å²) in [5.41, 5.74) is 0. The van der Waals surface area contributed by atoms with Crippen molar-refractivity contribution >= 4 is 0 Å². The standard InChI is InChI=1S/C23H40O4/c1-2-3-4-5-6-7-8-9-10-11-12-13-14-15-16-17-18-19-20-26-27-23(21-24)22-25/h6-7,9-10,12-13,15-16,23-25H,2-5,8,11,14,17-22H2,1H3/b7-6-,10-9-,13-12-,16-15-. The zero-order valence-corrected chi connectivity index (χ0v) is 17.1. The van der Waals surface area contributed by atoms with Gasteiger partial charge in [0.25, 0.3) is 0 Å². The molecule has 4 heteroatoms. The van der Waals surface area contributed by atoms with Crippen LogP contribution in [0.1, 0.15) is 71.1 Å². The average Bonchev–Trinajstić information content (AvgIpc) is 2.69.